The summed E-state index contributed by atoms with van der Waals surface area (Å²) in [7, 11) is -1.06. The quantitative estimate of drug-likeness (QED) is 0.762. The normalized spacial score (nSPS) is 23.8. The second kappa shape index (κ2) is 7.40. The molecule has 0 amide bonds. The zero-order chi connectivity index (χ0) is 17.2. The molecule has 3 nitrogen and oxygen atoms in total. The average molecular weight is 348 g/mol. The molecule has 3 rings (SSSR count). The van der Waals surface area contributed by atoms with Crippen molar-refractivity contribution in [3.63, 3.8) is 0 Å². The minimum absolute atomic E-state index is 0.150. The lowest BCUT2D eigenvalue weighted by atomic mass is 9.99. The molecular weight excluding hydrogens is 318 g/mol. The maximum Gasteiger partial charge on any atom is 0.115 e. The summed E-state index contributed by atoms with van der Waals surface area (Å²) in [5, 5.41) is 0. The summed E-state index contributed by atoms with van der Waals surface area (Å²) in [5.74, 6) is 0.608. The van der Waals surface area contributed by atoms with Gasteiger partial charge in [0.05, 0.1) is 17.1 Å². The first-order valence-corrected chi connectivity index (χ1v) is 10.1. The molecule has 1 unspecified atom stereocenters. The highest BCUT2D eigenvalue weighted by Gasteiger charge is 2.45. The van der Waals surface area contributed by atoms with E-state index in [4.69, 9.17) is 4.74 Å². The van der Waals surface area contributed by atoms with Crippen molar-refractivity contribution in [1.29, 1.82) is 0 Å². The highest BCUT2D eigenvalue weighted by molar-refractivity contribution is 7.84. The lowest BCUT2D eigenvalue weighted by Crippen LogP contribution is -2.50. The van der Waals surface area contributed by atoms with Crippen LogP contribution in [0.25, 0.3) is 0 Å². The Hall–Kier alpha value is -1.13. The number of hydrogen-bond acceptors (Lipinski definition) is 2. The standard InChI is InChI=1S/C20H29NO2S/c1-20(2,3)24(22)21(15-16-9-5-4-6-10-16)19(17-12-13-17)18-11-7-8-14-23-18/h4-6,8-10,14,17-19H,7,11-13,15H2,1-3H3/t18-,19-,24?/m0/s1. The van der Waals surface area contributed by atoms with Crippen molar-refractivity contribution < 1.29 is 8.95 Å². The molecule has 0 N–H and O–H groups in total. The van der Waals surface area contributed by atoms with Gasteiger partial charge >= 0.3 is 0 Å². The van der Waals surface area contributed by atoms with Gasteiger partial charge in [-0.15, -0.1) is 0 Å². The first-order chi connectivity index (χ1) is 11.5. The lowest BCUT2D eigenvalue weighted by Gasteiger charge is -2.39. The molecule has 0 radical (unpaired) electrons. The first-order valence-electron chi connectivity index (χ1n) is 9.00. The van der Waals surface area contributed by atoms with Crippen LogP contribution in [0.2, 0.25) is 0 Å². The highest BCUT2D eigenvalue weighted by atomic mass is 32.2. The Morgan fingerprint density at radius 1 is 1.21 bits per heavy atom. The molecule has 1 fully saturated rings. The van der Waals surface area contributed by atoms with Crippen molar-refractivity contribution in [2.75, 3.05) is 0 Å². The molecule has 132 valence electrons. The van der Waals surface area contributed by atoms with Crippen molar-refractivity contribution in [1.82, 2.24) is 4.31 Å². The predicted octanol–water partition coefficient (Wildman–Crippen LogP) is 4.42. The van der Waals surface area contributed by atoms with E-state index < -0.39 is 11.0 Å². The lowest BCUT2D eigenvalue weighted by molar-refractivity contribution is 0.0458. The fourth-order valence-corrected chi connectivity index (χ4v) is 4.85. The largest absolute Gasteiger partial charge is 0.497 e. The minimum Gasteiger partial charge on any atom is -0.497 e. The van der Waals surface area contributed by atoms with Crippen LogP contribution in [0.4, 0.5) is 0 Å². The van der Waals surface area contributed by atoms with Gasteiger partial charge in [0.25, 0.3) is 0 Å². The van der Waals surface area contributed by atoms with Gasteiger partial charge in [-0.25, -0.2) is 8.51 Å². The van der Waals surface area contributed by atoms with E-state index in [9.17, 15) is 4.21 Å². The van der Waals surface area contributed by atoms with Crippen molar-refractivity contribution >= 4 is 11.0 Å². The SMILES string of the molecule is CC(C)(C)S(=O)N(Cc1ccccc1)[C@@H](C1CC1)[C@@H]1CCC=CO1. The molecule has 3 atom stereocenters. The van der Waals surface area contributed by atoms with E-state index in [0.717, 1.165) is 19.4 Å². The second-order valence-electron chi connectivity index (χ2n) is 7.87. The fraction of sp³-hybridized carbons (Fsp3) is 0.600. The zero-order valence-corrected chi connectivity index (χ0v) is 15.8. The van der Waals surface area contributed by atoms with Crippen LogP contribution >= 0.6 is 0 Å². The Labute approximate surface area is 148 Å². The molecule has 2 aliphatic rings. The van der Waals surface area contributed by atoms with E-state index in [1.165, 1.54) is 18.4 Å². The van der Waals surface area contributed by atoms with Crippen LogP contribution in [0, 0.1) is 5.92 Å². The van der Waals surface area contributed by atoms with Crippen LogP contribution in [-0.4, -0.2) is 25.4 Å². The Bertz CT molecular complexity index is 589. The number of ether oxygens (including phenoxy) is 1. The number of hydrogen-bond donors (Lipinski definition) is 0. The van der Waals surface area contributed by atoms with E-state index in [1.807, 2.05) is 12.3 Å². The van der Waals surface area contributed by atoms with Crippen molar-refractivity contribution in [3.05, 3.63) is 48.2 Å². The topological polar surface area (TPSA) is 29.5 Å². The van der Waals surface area contributed by atoms with Crippen LogP contribution in [0.15, 0.2) is 42.7 Å². The third kappa shape index (κ3) is 4.28. The smallest absolute Gasteiger partial charge is 0.115 e. The van der Waals surface area contributed by atoms with Crippen LogP contribution < -0.4 is 0 Å². The van der Waals surface area contributed by atoms with E-state index >= 15 is 0 Å². The van der Waals surface area contributed by atoms with Gasteiger partial charge in [0.1, 0.15) is 17.1 Å². The Kier molecular flexibility index (Phi) is 5.46. The molecule has 4 heteroatoms. The molecule has 1 saturated carbocycles. The Morgan fingerprint density at radius 2 is 1.92 bits per heavy atom. The van der Waals surface area contributed by atoms with Gasteiger partial charge in [-0.1, -0.05) is 30.3 Å². The van der Waals surface area contributed by atoms with Crippen LogP contribution in [0.5, 0.6) is 0 Å². The minimum atomic E-state index is -1.06. The monoisotopic (exact) mass is 347 g/mol. The Balaban J connectivity index is 1.88. The molecule has 0 bridgehead atoms. The summed E-state index contributed by atoms with van der Waals surface area (Å²) in [5.41, 5.74) is 1.21. The van der Waals surface area contributed by atoms with Gasteiger partial charge in [-0.05, 0) is 64.0 Å². The molecule has 1 aliphatic heterocycles. The van der Waals surface area contributed by atoms with Gasteiger partial charge < -0.3 is 4.74 Å². The van der Waals surface area contributed by atoms with E-state index in [0.29, 0.717) is 5.92 Å². The van der Waals surface area contributed by atoms with Crippen molar-refractivity contribution in [2.45, 2.75) is 69.9 Å². The van der Waals surface area contributed by atoms with Gasteiger partial charge in [0.2, 0.25) is 0 Å². The van der Waals surface area contributed by atoms with Crippen molar-refractivity contribution in [3.8, 4) is 0 Å². The van der Waals surface area contributed by atoms with Crippen LogP contribution in [-0.2, 0) is 22.3 Å². The van der Waals surface area contributed by atoms with E-state index in [1.54, 1.807) is 0 Å². The van der Waals surface area contributed by atoms with Crippen molar-refractivity contribution in [2.24, 2.45) is 5.92 Å². The summed E-state index contributed by atoms with van der Waals surface area (Å²) in [6.07, 6.45) is 8.59. The summed E-state index contributed by atoms with van der Waals surface area (Å²) >= 11 is 0. The maximum atomic E-state index is 13.3. The number of nitrogens with zero attached hydrogens (tertiary/aromatic N) is 1. The third-order valence-corrected chi connectivity index (χ3v) is 6.55. The van der Waals surface area contributed by atoms with E-state index in [-0.39, 0.29) is 16.9 Å². The van der Waals surface area contributed by atoms with Crippen LogP contribution in [0.1, 0.15) is 52.0 Å². The van der Waals surface area contributed by atoms with Gasteiger partial charge in [-0.2, -0.15) is 0 Å². The third-order valence-electron chi connectivity index (χ3n) is 4.70. The first kappa shape index (κ1) is 17.7. The highest BCUT2D eigenvalue weighted by Crippen LogP contribution is 2.41. The Morgan fingerprint density at radius 3 is 2.46 bits per heavy atom. The van der Waals surface area contributed by atoms with Gasteiger partial charge in [0.15, 0.2) is 0 Å². The molecule has 1 heterocycles. The summed E-state index contributed by atoms with van der Waals surface area (Å²) < 4.78 is 21.3. The molecule has 1 aromatic rings. The molecule has 0 spiro atoms. The van der Waals surface area contributed by atoms with Gasteiger partial charge in [-0.3, -0.25) is 0 Å². The summed E-state index contributed by atoms with van der Waals surface area (Å²) in [6, 6.07) is 10.6. The second-order valence-corrected chi connectivity index (χ2v) is 10.1. The van der Waals surface area contributed by atoms with Crippen LogP contribution in [0.3, 0.4) is 0 Å². The number of benzene rings is 1. The molecule has 1 aliphatic carbocycles. The maximum absolute atomic E-state index is 13.3. The summed E-state index contributed by atoms with van der Waals surface area (Å²) in [6.45, 7) is 6.90. The van der Waals surface area contributed by atoms with Gasteiger partial charge in [0, 0.05) is 6.54 Å². The number of allylic oxidation sites excluding steroid dienone is 1. The molecular formula is C20H29NO2S. The molecule has 1 aromatic carbocycles. The fourth-order valence-electron chi connectivity index (χ4n) is 3.36. The molecule has 24 heavy (non-hydrogen) atoms. The predicted molar refractivity (Wildman–Crippen MR) is 99.6 cm³/mol. The van der Waals surface area contributed by atoms with E-state index in [2.05, 4.69) is 55.4 Å². The summed E-state index contributed by atoms with van der Waals surface area (Å²) in [4.78, 5) is 0. The average Bonchev–Trinajstić information content (AvgIpc) is 3.39. The molecule has 0 saturated heterocycles. The zero-order valence-electron chi connectivity index (χ0n) is 15.0. The molecule has 0 aromatic heterocycles. The number of rotatable bonds is 6.